The maximum atomic E-state index is 3.78. The van der Waals surface area contributed by atoms with Crippen molar-refractivity contribution in [3.63, 3.8) is 0 Å². The lowest BCUT2D eigenvalue weighted by molar-refractivity contribution is 0.579. The zero-order valence-corrected chi connectivity index (χ0v) is 13.7. The zero-order valence-electron chi connectivity index (χ0n) is 12.9. The Labute approximate surface area is 136 Å². The minimum atomic E-state index is 0.590. The Bertz CT molecular complexity index is 683. The van der Waals surface area contributed by atoms with Crippen molar-refractivity contribution in [2.45, 2.75) is 29.7 Å². The minimum absolute atomic E-state index is 0.590. The van der Waals surface area contributed by atoms with Gasteiger partial charge < -0.3 is 10.6 Å². The lowest BCUT2D eigenvalue weighted by atomic mass is 9.86. The highest BCUT2D eigenvalue weighted by Crippen LogP contribution is 2.46. The van der Waals surface area contributed by atoms with Gasteiger partial charge in [0, 0.05) is 22.5 Å². The van der Waals surface area contributed by atoms with E-state index in [0.29, 0.717) is 12.0 Å². The summed E-state index contributed by atoms with van der Waals surface area (Å²) in [7, 11) is 0. The van der Waals surface area contributed by atoms with Gasteiger partial charge in [0.2, 0.25) is 0 Å². The highest BCUT2D eigenvalue weighted by molar-refractivity contribution is 7.98. The van der Waals surface area contributed by atoms with Crippen LogP contribution in [0.1, 0.15) is 24.3 Å². The Hall–Kier alpha value is -1.45. The van der Waals surface area contributed by atoms with E-state index in [1.807, 2.05) is 11.8 Å². The molecule has 2 aromatic rings. The molecule has 2 N–H and O–H groups in total. The summed E-state index contributed by atoms with van der Waals surface area (Å²) < 4.78 is 0. The van der Waals surface area contributed by atoms with Crippen LogP contribution in [0.2, 0.25) is 0 Å². The second-order valence-electron chi connectivity index (χ2n) is 6.15. The molecule has 0 bridgehead atoms. The van der Waals surface area contributed by atoms with Crippen LogP contribution in [-0.4, -0.2) is 25.4 Å². The molecule has 0 radical (unpaired) electrons. The van der Waals surface area contributed by atoms with E-state index in [0.717, 1.165) is 13.1 Å². The van der Waals surface area contributed by atoms with Crippen LogP contribution in [0.15, 0.2) is 47.4 Å². The van der Waals surface area contributed by atoms with E-state index in [2.05, 4.69) is 59.4 Å². The summed E-state index contributed by atoms with van der Waals surface area (Å²) in [6.45, 7) is 2.25. The number of fused-ring (bicyclic) bond motifs is 3. The normalized spacial score (nSPS) is 23.3. The first kappa shape index (κ1) is 14.2. The molecule has 2 aliphatic rings. The maximum Gasteiger partial charge on any atom is 0.0384 e. The van der Waals surface area contributed by atoms with E-state index in [1.54, 1.807) is 0 Å². The molecule has 4 rings (SSSR count). The van der Waals surface area contributed by atoms with Gasteiger partial charge in [-0.05, 0) is 61.0 Å². The third-order valence-corrected chi connectivity index (χ3v) is 5.76. The molecule has 0 spiro atoms. The lowest BCUT2D eigenvalue weighted by Crippen LogP contribution is -2.21. The van der Waals surface area contributed by atoms with Crippen molar-refractivity contribution < 1.29 is 0 Å². The van der Waals surface area contributed by atoms with Crippen molar-refractivity contribution in [2.24, 2.45) is 0 Å². The predicted octanol–water partition coefficient (Wildman–Crippen LogP) is 4.34. The SMILES string of the molecule is CSc1ccccc1-c1cccc2c1C1CCNCCC1N2. The highest BCUT2D eigenvalue weighted by atomic mass is 32.2. The van der Waals surface area contributed by atoms with Gasteiger partial charge in [0.1, 0.15) is 0 Å². The number of benzene rings is 2. The van der Waals surface area contributed by atoms with Crippen molar-refractivity contribution in [1.29, 1.82) is 0 Å². The second kappa shape index (κ2) is 5.98. The van der Waals surface area contributed by atoms with Crippen LogP contribution in [0.3, 0.4) is 0 Å². The van der Waals surface area contributed by atoms with Gasteiger partial charge in [0.15, 0.2) is 0 Å². The summed E-state index contributed by atoms with van der Waals surface area (Å²) >= 11 is 1.84. The van der Waals surface area contributed by atoms with Crippen molar-refractivity contribution in [1.82, 2.24) is 5.32 Å². The smallest absolute Gasteiger partial charge is 0.0384 e. The van der Waals surface area contributed by atoms with Gasteiger partial charge in [-0.25, -0.2) is 0 Å². The molecule has 0 saturated carbocycles. The molecule has 0 aromatic heterocycles. The van der Waals surface area contributed by atoms with Gasteiger partial charge in [-0.3, -0.25) is 0 Å². The maximum absolute atomic E-state index is 3.78. The zero-order chi connectivity index (χ0) is 14.9. The summed E-state index contributed by atoms with van der Waals surface area (Å²) in [5.41, 5.74) is 5.69. The topological polar surface area (TPSA) is 24.1 Å². The highest BCUT2D eigenvalue weighted by Gasteiger charge is 2.34. The van der Waals surface area contributed by atoms with Crippen LogP contribution in [0.4, 0.5) is 5.69 Å². The number of hydrogen-bond donors (Lipinski definition) is 2. The molecule has 22 heavy (non-hydrogen) atoms. The molecule has 2 unspecified atom stereocenters. The summed E-state index contributed by atoms with van der Waals surface area (Å²) in [6, 6.07) is 16.1. The van der Waals surface area contributed by atoms with E-state index in [4.69, 9.17) is 0 Å². The van der Waals surface area contributed by atoms with Crippen molar-refractivity contribution in [3.8, 4) is 11.1 Å². The van der Waals surface area contributed by atoms with Crippen LogP contribution in [-0.2, 0) is 0 Å². The lowest BCUT2D eigenvalue weighted by Gasteiger charge is -2.19. The van der Waals surface area contributed by atoms with Crippen LogP contribution >= 0.6 is 11.8 Å². The number of hydrogen-bond acceptors (Lipinski definition) is 3. The van der Waals surface area contributed by atoms with Gasteiger partial charge in [-0.1, -0.05) is 30.3 Å². The molecule has 1 fully saturated rings. The fourth-order valence-electron chi connectivity index (χ4n) is 3.95. The standard InChI is InChI=1S/C19H22N2S/c1-22-18-8-3-2-5-13(18)14-6-4-7-17-19(14)15-9-11-20-12-10-16(15)21-17/h2-8,15-16,20-21H,9-12H2,1H3. The van der Waals surface area contributed by atoms with Gasteiger partial charge in [-0.2, -0.15) is 0 Å². The van der Waals surface area contributed by atoms with Gasteiger partial charge >= 0.3 is 0 Å². The second-order valence-corrected chi connectivity index (χ2v) is 7.00. The molecule has 114 valence electrons. The Morgan fingerprint density at radius 1 is 0.955 bits per heavy atom. The van der Waals surface area contributed by atoms with E-state index in [1.165, 1.54) is 40.1 Å². The third-order valence-electron chi connectivity index (χ3n) is 4.96. The van der Waals surface area contributed by atoms with E-state index < -0.39 is 0 Å². The van der Waals surface area contributed by atoms with Crippen LogP contribution < -0.4 is 10.6 Å². The molecular formula is C19H22N2S. The van der Waals surface area contributed by atoms with Gasteiger partial charge in [0.25, 0.3) is 0 Å². The van der Waals surface area contributed by atoms with Gasteiger partial charge in [0.05, 0.1) is 0 Å². The number of anilines is 1. The summed E-state index contributed by atoms with van der Waals surface area (Å²) in [6.07, 6.45) is 4.60. The molecule has 1 saturated heterocycles. The molecule has 2 heterocycles. The predicted molar refractivity (Wildman–Crippen MR) is 95.9 cm³/mol. The van der Waals surface area contributed by atoms with E-state index >= 15 is 0 Å². The number of thioether (sulfide) groups is 1. The Morgan fingerprint density at radius 3 is 2.68 bits per heavy atom. The molecule has 0 aliphatic carbocycles. The fourth-order valence-corrected chi connectivity index (χ4v) is 4.57. The quantitative estimate of drug-likeness (QED) is 0.807. The third kappa shape index (κ3) is 2.33. The van der Waals surface area contributed by atoms with Crippen LogP contribution in [0.25, 0.3) is 11.1 Å². The van der Waals surface area contributed by atoms with Crippen LogP contribution in [0, 0.1) is 0 Å². The largest absolute Gasteiger partial charge is 0.381 e. The Kier molecular flexibility index (Phi) is 3.85. The summed E-state index contributed by atoms with van der Waals surface area (Å²) in [5, 5.41) is 7.32. The van der Waals surface area contributed by atoms with Crippen molar-refractivity contribution in [3.05, 3.63) is 48.0 Å². The number of nitrogens with one attached hydrogen (secondary N) is 2. The Morgan fingerprint density at radius 2 is 1.77 bits per heavy atom. The molecule has 2 atom stereocenters. The average molecular weight is 310 g/mol. The van der Waals surface area contributed by atoms with Gasteiger partial charge in [-0.15, -0.1) is 11.8 Å². The number of rotatable bonds is 2. The van der Waals surface area contributed by atoms with E-state index in [-0.39, 0.29) is 0 Å². The first-order valence-corrected chi connectivity index (χ1v) is 9.34. The molecule has 3 heteroatoms. The van der Waals surface area contributed by atoms with Crippen molar-refractivity contribution >= 4 is 17.4 Å². The summed E-state index contributed by atoms with van der Waals surface area (Å²) in [4.78, 5) is 1.37. The fraction of sp³-hybridized carbons (Fsp3) is 0.368. The van der Waals surface area contributed by atoms with E-state index in [9.17, 15) is 0 Å². The first-order valence-electron chi connectivity index (χ1n) is 8.12. The molecule has 2 nitrogen and oxygen atoms in total. The Balaban J connectivity index is 1.85. The molecule has 0 amide bonds. The van der Waals surface area contributed by atoms with Crippen molar-refractivity contribution in [2.75, 3.05) is 24.7 Å². The monoisotopic (exact) mass is 310 g/mol. The average Bonchev–Trinajstić information content (AvgIpc) is 2.76. The minimum Gasteiger partial charge on any atom is -0.381 e. The van der Waals surface area contributed by atoms with Crippen LogP contribution in [0.5, 0.6) is 0 Å². The molecular weight excluding hydrogens is 288 g/mol. The summed E-state index contributed by atoms with van der Waals surface area (Å²) in [5.74, 6) is 0.635. The first-order chi connectivity index (χ1) is 10.9. The molecule has 2 aliphatic heterocycles. The molecule has 2 aromatic carbocycles.